The number of hydrogen-bond donors (Lipinski definition) is 1. The summed E-state index contributed by atoms with van der Waals surface area (Å²) in [7, 11) is 0. The molecule has 0 radical (unpaired) electrons. The third kappa shape index (κ3) is 4.33. The molecule has 0 fully saturated rings. The number of nitrogens with one attached hydrogen (secondary N) is 1. The average Bonchev–Trinajstić information content (AvgIpc) is 2.34. The fourth-order valence-electron chi connectivity index (χ4n) is 1.34. The molecule has 0 saturated carbocycles. The highest BCUT2D eigenvalue weighted by Crippen LogP contribution is 2.13. The highest BCUT2D eigenvalue weighted by atomic mass is 16.5. The molecule has 3 heteroatoms. The van der Waals surface area contributed by atoms with Gasteiger partial charge in [-0.1, -0.05) is 19.9 Å². The van der Waals surface area contributed by atoms with Gasteiger partial charge in [0.25, 0.3) is 0 Å². The Kier molecular flexibility index (Phi) is 5.38. The first-order chi connectivity index (χ1) is 7.76. The molecule has 0 saturated heterocycles. The molecule has 86 valence electrons. The van der Waals surface area contributed by atoms with Crippen LogP contribution in [0.25, 0.3) is 0 Å². The van der Waals surface area contributed by atoms with E-state index in [9.17, 15) is 0 Å². The summed E-state index contributed by atoms with van der Waals surface area (Å²) in [6.07, 6.45) is 0. The van der Waals surface area contributed by atoms with Gasteiger partial charge in [0, 0.05) is 12.5 Å². The van der Waals surface area contributed by atoms with Crippen LogP contribution in [0, 0.1) is 17.2 Å². The summed E-state index contributed by atoms with van der Waals surface area (Å²) >= 11 is 0. The second kappa shape index (κ2) is 6.86. The van der Waals surface area contributed by atoms with Crippen molar-refractivity contribution in [1.82, 2.24) is 5.32 Å². The van der Waals surface area contributed by atoms with Gasteiger partial charge in [0.15, 0.2) is 0 Å². The molecule has 16 heavy (non-hydrogen) atoms. The summed E-state index contributed by atoms with van der Waals surface area (Å²) < 4.78 is 5.62. The van der Waals surface area contributed by atoms with E-state index in [0.29, 0.717) is 18.1 Å². The number of nitriles is 1. The van der Waals surface area contributed by atoms with Crippen molar-refractivity contribution in [3.05, 3.63) is 29.8 Å². The first-order valence-corrected chi connectivity index (χ1v) is 5.60. The minimum Gasteiger partial charge on any atom is -0.493 e. The first kappa shape index (κ1) is 12.5. The minimum absolute atomic E-state index is 0.464. The topological polar surface area (TPSA) is 45.0 Å². The van der Waals surface area contributed by atoms with Gasteiger partial charge in [-0.25, -0.2) is 0 Å². The molecule has 3 nitrogen and oxygen atoms in total. The van der Waals surface area contributed by atoms with Crippen molar-refractivity contribution < 1.29 is 4.74 Å². The summed E-state index contributed by atoms with van der Waals surface area (Å²) in [6, 6.07) is 9.35. The molecule has 0 spiro atoms. The van der Waals surface area contributed by atoms with Gasteiger partial charge in [-0.3, -0.25) is 0 Å². The smallest absolute Gasteiger partial charge is 0.120 e. The molecule has 1 rings (SSSR count). The van der Waals surface area contributed by atoms with Crippen molar-refractivity contribution in [3.8, 4) is 11.8 Å². The Hall–Kier alpha value is -1.53. The Labute approximate surface area is 97.0 Å². The summed E-state index contributed by atoms with van der Waals surface area (Å²) in [4.78, 5) is 0. The molecule has 0 aliphatic heterocycles. The predicted molar refractivity (Wildman–Crippen MR) is 64.4 cm³/mol. The van der Waals surface area contributed by atoms with Gasteiger partial charge in [0.1, 0.15) is 5.75 Å². The fourth-order valence-corrected chi connectivity index (χ4v) is 1.34. The molecule has 1 unspecified atom stereocenters. The highest BCUT2D eigenvalue weighted by Gasteiger charge is 2.02. The van der Waals surface area contributed by atoms with Crippen LogP contribution in [0.2, 0.25) is 0 Å². The highest BCUT2D eigenvalue weighted by molar-refractivity contribution is 5.36. The molecule has 0 bridgehead atoms. The third-order valence-electron chi connectivity index (χ3n) is 2.24. The minimum atomic E-state index is 0.464. The quantitative estimate of drug-likeness (QED) is 0.796. The molecule has 0 amide bonds. The molecule has 0 aromatic heterocycles. The zero-order valence-electron chi connectivity index (χ0n) is 9.86. The lowest BCUT2D eigenvalue weighted by Gasteiger charge is -2.13. The first-order valence-electron chi connectivity index (χ1n) is 5.60. The fraction of sp³-hybridized carbons (Fsp3) is 0.462. The maximum absolute atomic E-state index is 8.74. The van der Waals surface area contributed by atoms with E-state index in [4.69, 9.17) is 10.00 Å². The van der Waals surface area contributed by atoms with Crippen LogP contribution in [-0.2, 0) is 0 Å². The second-order valence-electron chi connectivity index (χ2n) is 3.86. The number of rotatable bonds is 6. The molecule has 1 aromatic carbocycles. The maximum atomic E-state index is 8.74. The van der Waals surface area contributed by atoms with Crippen LogP contribution in [0.5, 0.6) is 5.75 Å². The molecular formula is C13H18N2O. The monoisotopic (exact) mass is 218 g/mol. The van der Waals surface area contributed by atoms with Crippen LogP contribution in [0.1, 0.15) is 19.4 Å². The van der Waals surface area contributed by atoms with E-state index in [-0.39, 0.29) is 0 Å². The van der Waals surface area contributed by atoms with Gasteiger partial charge < -0.3 is 10.1 Å². The lowest BCUT2D eigenvalue weighted by atomic mass is 10.2. The number of ether oxygens (including phenoxy) is 1. The summed E-state index contributed by atoms with van der Waals surface area (Å²) in [5.74, 6) is 1.23. The lowest BCUT2D eigenvalue weighted by molar-refractivity contribution is 0.256. The van der Waals surface area contributed by atoms with Crippen LogP contribution in [0.15, 0.2) is 24.3 Å². The van der Waals surface area contributed by atoms with Crippen molar-refractivity contribution in [3.63, 3.8) is 0 Å². The summed E-state index contributed by atoms with van der Waals surface area (Å²) in [6.45, 7) is 6.82. The molecule has 0 aliphatic carbocycles. The van der Waals surface area contributed by atoms with E-state index in [2.05, 4.69) is 25.2 Å². The predicted octanol–water partition coefficient (Wildman–Crippen LogP) is 2.18. The van der Waals surface area contributed by atoms with E-state index in [1.165, 1.54) is 0 Å². The van der Waals surface area contributed by atoms with Gasteiger partial charge in [-0.05, 0) is 24.7 Å². The molecular weight excluding hydrogens is 200 g/mol. The number of nitrogens with zero attached hydrogens (tertiary/aromatic N) is 1. The second-order valence-corrected chi connectivity index (χ2v) is 3.86. The van der Waals surface area contributed by atoms with Gasteiger partial charge >= 0.3 is 0 Å². The van der Waals surface area contributed by atoms with Gasteiger partial charge in [-0.2, -0.15) is 5.26 Å². The molecule has 1 N–H and O–H groups in total. The molecule has 1 atom stereocenters. The summed E-state index contributed by atoms with van der Waals surface area (Å²) in [5, 5.41) is 12.0. The van der Waals surface area contributed by atoms with Crippen LogP contribution in [0.3, 0.4) is 0 Å². The number of benzene rings is 1. The zero-order chi connectivity index (χ0) is 11.8. The Morgan fingerprint density at radius 2 is 2.31 bits per heavy atom. The van der Waals surface area contributed by atoms with Gasteiger partial charge in [0.05, 0.1) is 18.2 Å². The van der Waals surface area contributed by atoms with Crippen LogP contribution in [-0.4, -0.2) is 19.7 Å². The largest absolute Gasteiger partial charge is 0.493 e. The van der Waals surface area contributed by atoms with Gasteiger partial charge in [-0.15, -0.1) is 0 Å². The molecule has 0 aliphatic rings. The van der Waals surface area contributed by atoms with E-state index in [0.717, 1.165) is 18.8 Å². The Morgan fingerprint density at radius 1 is 1.50 bits per heavy atom. The number of hydrogen-bond acceptors (Lipinski definition) is 3. The Balaban J connectivity index is 2.39. The Morgan fingerprint density at radius 3 is 3.00 bits per heavy atom. The lowest BCUT2D eigenvalue weighted by Crippen LogP contribution is -2.24. The maximum Gasteiger partial charge on any atom is 0.120 e. The zero-order valence-corrected chi connectivity index (χ0v) is 9.86. The van der Waals surface area contributed by atoms with Crippen molar-refractivity contribution in [2.75, 3.05) is 19.7 Å². The van der Waals surface area contributed by atoms with Crippen molar-refractivity contribution in [2.24, 2.45) is 5.92 Å². The normalized spacial score (nSPS) is 11.8. The SMILES string of the molecule is CCNCC(C)COc1cccc(C#N)c1. The van der Waals surface area contributed by atoms with Crippen molar-refractivity contribution in [2.45, 2.75) is 13.8 Å². The van der Waals surface area contributed by atoms with Crippen LogP contribution >= 0.6 is 0 Å². The standard InChI is InChI=1S/C13H18N2O/c1-3-15-9-11(2)10-16-13-6-4-5-12(7-13)8-14/h4-7,11,15H,3,9-10H2,1-2H3. The van der Waals surface area contributed by atoms with E-state index >= 15 is 0 Å². The van der Waals surface area contributed by atoms with Crippen LogP contribution in [0.4, 0.5) is 0 Å². The molecule has 1 aromatic rings. The average molecular weight is 218 g/mol. The Bertz CT molecular complexity index is 357. The van der Waals surface area contributed by atoms with Crippen molar-refractivity contribution in [1.29, 1.82) is 5.26 Å². The van der Waals surface area contributed by atoms with Gasteiger partial charge in [0.2, 0.25) is 0 Å². The third-order valence-corrected chi connectivity index (χ3v) is 2.24. The van der Waals surface area contributed by atoms with Crippen molar-refractivity contribution >= 4 is 0 Å². The van der Waals surface area contributed by atoms with E-state index < -0.39 is 0 Å². The van der Waals surface area contributed by atoms with E-state index in [1.54, 1.807) is 12.1 Å². The summed E-state index contributed by atoms with van der Waals surface area (Å²) in [5.41, 5.74) is 0.636. The van der Waals surface area contributed by atoms with E-state index in [1.807, 2.05) is 12.1 Å². The van der Waals surface area contributed by atoms with Crippen LogP contribution < -0.4 is 10.1 Å². The molecule has 0 heterocycles.